The summed E-state index contributed by atoms with van der Waals surface area (Å²) in [6.07, 6.45) is 1.55. The number of hydrogen-bond acceptors (Lipinski definition) is 5. The lowest BCUT2D eigenvalue weighted by Gasteiger charge is -2.14. The first kappa shape index (κ1) is 20.7. The number of benzene rings is 4. The topological polar surface area (TPSA) is 71.1 Å². The molecule has 0 radical (unpaired) electrons. The van der Waals surface area contributed by atoms with E-state index in [9.17, 15) is 0 Å². The minimum Gasteiger partial charge on any atom is -0.497 e. The summed E-state index contributed by atoms with van der Waals surface area (Å²) in [5, 5.41) is 13.6. The molecule has 0 aliphatic carbocycles. The van der Waals surface area contributed by atoms with Crippen molar-refractivity contribution in [1.29, 1.82) is 0 Å². The number of fused-ring (bicyclic) bond motifs is 2. The second-order valence-corrected chi connectivity index (χ2v) is 7.83. The van der Waals surface area contributed by atoms with Gasteiger partial charge >= 0.3 is 0 Å². The van der Waals surface area contributed by atoms with Crippen LogP contribution in [-0.4, -0.2) is 22.2 Å². The van der Waals surface area contributed by atoms with E-state index in [4.69, 9.17) is 17.0 Å². The molecule has 162 valence electrons. The second kappa shape index (κ2) is 9.10. The van der Waals surface area contributed by atoms with Crippen LogP contribution in [0.3, 0.4) is 0 Å². The predicted molar refractivity (Wildman–Crippen MR) is 140 cm³/mol. The van der Waals surface area contributed by atoms with Crippen molar-refractivity contribution in [3.8, 4) is 5.75 Å². The smallest absolute Gasteiger partial charge is 0.175 e. The quantitative estimate of drug-likeness (QED) is 0.269. The van der Waals surface area contributed by atoms with E-state index in [-0.39, 0.29) is 0 Å². The van der Waals surface area contributed by atoms with Crippen molar-refractivity contribution in [2.24, 2.45) is 0 Å². The Morgan fingerprint density at radius 2 is 1.64 bits per heavy atom. The number of nitrogens with one attached hydrogen (secondary N) is 3. The van der Waals surface area contributed by atoms with E-state index in [2.05, 4.69) is 44.1 Å². The maximum atomic E-state index is 5.59. The fourth-order valence-corrected chi connectivity index (χ4v) is 3.92. The molecule has 0 fully saturated rings. The van der Waals surface area contributed by atoms with E-state index < -0.39 is 0 Å². The summed E-state index contributed by atoms with van der Waals surface area (Å²) < 4.78 is 5.31. The molecule has 0 saturated heterocycles. The van der Waals surface area contributed by atoms with Crippen molar-refractivity contribution >= 4 is 61.9 Å². The van der Waals surface area contributed by atoms with Crippen molar-refractivity contribution in [3.05, 3.63) is 91.3 Å². The number of hydrogen-bond donors (Lipinski definition) is 3. The van der Waals surface area contributed by atoms with Gasteiger partial charge in [0.25, 0.3) is 0 Å². The van der Waals surface area contributed by atoms with Crippen molar-refractivity contribution in [2.45, 2.75) is 0 Å². The third kappa shape index (κ3) is 4.53. The fraction of sp³-hybridized carbons (Fsp3) is 0.0385. The van der Waals surface area contributed by atoms with Crippen molar-refractivity contribution in [1.82, 2.24) is 9.97 Å². The Labute approximate surface area is 196 Å². The van der Waals surface area contributed by atoms with Crippen LogP contribution in [0.5, 0.6) is 5.75 Å². The number of methoxy groups -OCH3 is 1. The van der Waals surface area contributed by atoms with Crippen molar-refractivity contribution in [3.63, 3.8) is 0 Å². The Bertz CT molecular complexity index is 1460. The average molecular weight is 452 g/mol. The molecule has 6 nitrogen and oxygen atoms in total. The van der Waals surface area contributed by atoms with Gasteiger partial charge in [-0.3, -0.25) is 0 Å². The highest BCUT2D eigenvalue weighted by atomic mass is 32.1. The Hall–Kier alpha value is -4.23. The van der Waals surface area contributed by atoms with Crippen LogP contribution in [0.25, 0.3) is 21.7 Å². The highest BCUT2D eigenvalue weighted by Crippen LogP contribution is 2.28. The third-order valence-corrected chi connectivity index (χ3v) is 5.47. The molecule has 0 bridgehead atoms. The molecule has 0 spiro atoms. The number of aromatic nitrogens is 2. The minimum atomic E-state index is 0.504. The molecule has 3 N–H and O–H groups in total. The number of ether oxygens (including phenoxy) is 1. The molecular formula is C26H21N5OS. The van der Waals surface area contributed by atoms with Gasteiger partial charge in [0.2, 0.25) is 0 Å². The molecule has 0 saturated carbocycles. The number of anilines is 4. The summed E-state index contributed by atoms with van der Waals surface area (Å²) in [6, 6.07) is 27.9. The van der Waals surface area contributed by atoms with E-state index >= 15 is 0 Å². The molecule has 33 heavy (non-hydrogen) atoms. The molecule has 1 aromatic heterocycles. The largest absolute Gasteiger partial charge is 0.497 e. The number of thiocarbonyl (C=S) groups is 1. The maximum Gasteiger partial charge on any atom is 0.175 e. The van der Waals surface area contributed by atoms with Gasteiger partial charge in [0.05, 0.1) is 12.6 Å². The Kier molecular flexibility index (Phi) is 5.70. The number of nitrogens with zero attached hydrogens (tertiary/aromatic N) is 2. The first-order valence-corrected chi connectivity index (χ1v) is 10.8. The molecule has 7 heteroatoms. The lowest BCUT2D eigenvalue weighted by molar-refractivity contribution is 0.415. The lowest BCUT2D eigenvalue weighted by Crippen LogP contribution is -2.19. The zero-order valence-corrected chi connectivity index (χ0v) is 18.7. The average Bonchev–Trinajstić information content (AvgIpc) is 2.85. The zero-order chi connectivity index (χ0) is 22.6. The Morgan fingerprint density at radius 1 is 0.788 bits per heavy atom. The van der Waals surface area contributed by atoms with Gasteiger partial charge in [0.1, 0.15) is 17.9 Å². The van der Waals surface area contributed by atoms with E-state index in [0.717, 1.165) is 44.5 Å². The molecule has 0 aliphatic rings. The highest BCUT2D eigenvalue weighted by Gasteiger charge is 2.08. The van der Waals surface area contributed by atoms with Crippen LogP contribution < -0.4 is 20.7 Å². The van der Waals surface area contributed by atoms with Crippen molar-refractivity contribution in [2.75, 3.05) is 23.1 Å². The molecule has 1 heterocycles. The molecule has 4 aromatic carbocycles. The maximum absolute atomic E-state index is 5.59. The summed E-state index contributed by atoms with van der Waals surface area (Å²) in [7, 11) is 1.65. The summed E-state index contributed by atoms with van der Waals surface area (Å²) in [5.41, 5.74) is 3.49. The van der Waals surface area contributed by atoms with E-state index in [0.29, 0.717) is 10.9 Å². The van der Waals surface area contributed by atoms with E-state index in [1.54, 1.807) is 13.4 Å². The van der Waals surface area contributed by atoms with Crippen LogP contribution in [0.15, 0.2) is 91.3 Å². The summed E-state index contributed by atoms with van der Waals surface area (Å²) in [6.45, 7) is 0. The normalized spacial score (nSPS) is 10.7. The van der Waals surface area contributed by atoms with Gasteiger partial charge in [0.15, 0.2) is 5.11 Å². The van der Waals surface area contributed by atoms with Gasteiger partial charge in [-0.1, -0.05) is 42.5 Å². The SMILES string of the molecule is COc1cccc(Nc2ncnc3ccc(NC(=S)Nc4cccc5ccccc45)cc23)c1. The molecule has 5 aromatic rings. The van der Waals surface area contributed by atoms with Crippen molar-refractivity contribution < 1.29 is 4.74 Å². The Morgan fingerprint density at radius 3 is 2.55 bits per heavy atom. The van der Waals surface area contributed by atoms with E-state index in [1.807, 2.05) is 66.7 Å². The first-order chi connectivity index (χ1) is 16.2. The fourth-order valence-electron chi connectivity index (χ4n) is 3.69. The summed E-state index contributed by atoms with van der Waals surface area (Å²) in [4.78, 5) is 8.83. The van der Waals surface area contributed by atoms with Crippen LogP contribution in [0.2, 0.25) is 0 Å². The van der Waals surface area contributed by atoms with Crippen LogP contribution in [0.4, 0.5) is 22.9 Å². The van der Waals surface area contributed by atoms with Gasteiger partial charge in [-0.05, 0) is 54.0 Å². The van der Waals surface area contributed by atoms with Gasteiger partial charge in [-0.25, -0.2) is 9.97 Å². The van der Waals surface area contributed by atoms with Crippen LogP contribution in [0.1, 0.15) is 0 Å². The molecule has 0 unspecified atom stereocenters. The van der Waals surface area contributed by atoms with Gasteiger partial charge in [0, 0.05) is 33.9 Å². The first-order valence-electron chi connectivity index (χ1n) is 10.4. The van der Waals surface area contributed by atoms with Crippen LogP contribution in [-0.2, 0) is 0 Å². The number of rotatable bonds is 5. The molecule has 0 amide bonds. The van der Waals surface area contributed by atoms with E-state index in [1.165, 1.54) is 0 Å². The lowest BCUT2D eigenvalue weighted by atomic mass is 10.1. The van der Waals surface area contributed by atoms with Crippen LogP contribution in [0, 0.1) is 0 Å². The zero-order valence-electron chi connectivity index (χ0n) is 17.9. The van der Waals surface area contributed by atoms with Gasteiger partial charge in [-0.2, -0.15) is 0 Å². The molecule has 0 atom stereocenters. The highest BCUT2D eigenvalue weighted by molar-refractivity contribution is 7.80. The molecule has 5 rings (SSSR count). The molecule has 0 aliphatic heterocycles. The van der Waals surface area contributed by atoms with Gasteiger partial charge < -0.3 is 20.7 Å². The minimum absolute atomic E-state index is 0.504. The van der Waals surface area contributed by atoms with Crippen LogP contribution >= 0.6 is 12.2 Å². The summed E-state index contributed by atoms with van der Waals surface area (Å²) >= 11 is 5.59. The molecular weight excluding hydrogens is 430 g/mol. The summed E-state index contributed by atoms with van der Waals surface area (Å²) in [5.74, 6) is 1.47. The monoisotopic (exact) mass is 451 g/mol. The van der Waals surface area contributed by atoms with Gasteiger partial charge in [-0.15, -0.1) is 0 Å². The predicted octanol–water partition coefficient (Wildman–Crippen LogP) is 6.34. The second-order valence-electron chi connectivity index (χ2n) is 7.42. The third-order valence-electron chi connectivity index (χ3n) is 5.26. The standard InChI is InChI=1S/C26H21N5OS/c1-32-20-9-5-8-18(14-20)29-25-22-15-19(12-13-23(22)27-16-28-25)30-26(33)31-24-11-4-7-17-6-2-3-10-21(17)24/h2-16H,1H3,(H,27,28,29)(H2,30,31,33). The Balaban J connectivity index is 1.39.